The number of amides is 1. The maximum atomic E-state index is 11.5. The molecule has 3 heterocycles. The number of carbonyl (C=O) groups excluding carboxylic acids is 1. The molecule has 2 aliphatic rings. The fraction of sp³-hybridized carbons (Fsp3) is 0.375. The summed E-state index contributed by atoms with van der Waals surface area (Å²) in [6.45, 7) is 4.83. The highest BCUT2D eigenvalue weighted by Gasteiger charge is 2.20. The van der Waals surface area contributed by atoms with E-state index in [0.717, 1.165) is 44.8 Å². The van der Waals surface area contributed by atoms with Crippen LogP contribution in [0, 0.1) is 0 Å². The Morgan fingerprint density at radius 3 is 2.83 bits per heavy atom. The fourth-order valence-electron chi connectivity index (χ4n) is 3.25. The molecule has 1 aromatic carbocycles. The van der Waals surface area contributed by atoms with E-state index in [9.17, 15) is 4.79 Å². The first-order valence-corrected chi connectivity index (χ1v) is 7.93. The van der Waals surface area contributed by atoms with Crippen LogP contribution in [-0.4, -0.2) is 41.9 Å². The van der Waals surface area contributed by atoms with Crippen LogP contribution in [0.2, 0.25) is 0 Å². The van der Waals surface area contributed by atoms with Crippen LogP contribution in [-0.2, 0) is 13.0 Å². The first-order valence-electron chi connectivity index (χ1n) is 7.93. The standard InChI is InChI=1S/C16H20N6O/c17-15(23)13-10-19-22-6-3-11-9-12(21-7-4-18-5-8-21)1-2-14(11)20-16(13)22/h1-2,9-10,18,20H,3-8H2,(H2,17,23). The average Bonchev–Trinajstić information content (AvgIpc) is 2.89. The highest BCUT2D eigenvalue weighted by molar-refractivity contribution is 5.98. The van der Waals surface area contributed by atoms with Gasteiger partial charge in [0.2, 0.25) is 0 Å². The molecule has 1 amide bonds. The van der Waals surface area contributed by atoms with Gasteiger partial charge in [-0.25, -0.2) is 4.68 Å². The first-order chi connectivity index (χ1) is 11.2. The highest BCUT2D eigenvalue weighted by Crippen LogP contribution is 2.31. The number of hydrogen-bond acceptors (Lipinski definition) is 5. The van der Waals surface area contributed by atoms with Gasteiger partial charge in [-0.2, -0.15) is 5.10 Å². The quantitative estimate of drug-likeness (QED) is 0.759. The van der Waals surface area contributed by atoms with E-state index in [4.69, 9.17) is 5.73 Å². The summed E-state index contributed by atoms with van der Waals surface area (Å²) in [7, 11) is 0. The van der Waals surface area contributed by atoms with Crippen molar-refractivity contribution in [2.45, 2.75) is 13.0 Å². The summed E-state index contributed by atoms with van der Waals surface area (Å²) >= 11 is 0. The average molecular weight is 312 g/mol. The van der Waals surface area contributed by atoms with Crippen molar-refractivity contribution in [2.24, 2.45) is 5.73 Å². The molecule has 0 atom stereocenters. The molecule has 2 aliphatic heterocycles. The number of fused-ring (bicyclic) bond motifs is 2. The topological polar surface area (TPSA) is 88.2 Å². The maximum Gasteiger partial charge on any atom is 0.254 e. The van der Waals surface area contributed by atoms with Crippen LogP contribution in [0.3, 0.4) is 0 Å². The van der Waals surface area contributed by atoms with Gasteiger partial charge in [0.1, 0.15) is 11.4 Å². The van der Waals surface area contributed by atoms with Crippen LogP contribution in [0.4, 0.5) is 17.2 Å². The minimum absolute atomic E-state index is 0.434. The van der Waals surface area contributed by atoms with Gasteiger partial charge in [0.15, 0.2) is 0 Å². The molecule has 23 heavy (non-hydrogen) atoms. The number of piperazine rings is 1. The number of nitrogens with one attached hydrogen (secondary N) is 2. The predicted molar refractivity (Wildman–Crippen MR) is 89.3 cm³/mol. The third-order valence-electron chi connectivity index (χ3n) is 4.52. The summed E-state index contributed by atoms with van der Waals surface area (Å²) in [4.78, 5) is 13.9. The zero-order valence-corrected chi connectivity index (χ0v) is 12.9. The molecule has 1 saturated heterocycles. The second-order valence-corrected chi connectivity index (χ2v) is 5.95. The third kappa shape index (κ3) is 2.53. The lowest BCUT2D eigenvalue weighted by Crippen LogP contribution is -2.43. The number of aromatic nitrogens is 2. The lowest BCUT2D eigenvalue weighted by Gasteiger charge is -2.30. The number of aryl methyl sites for hydroxylation is 2. The smallest absolute Gasteiger partial charge is 0.254 e. The molecule has 0 radical (unpaired) electrons. The van der Waals surface area contributed by atoms with E-state index in [1.54, 1.807) is 0 Å². The van der Waals surface area contributed by atoms with E-state index < -0.39 is 5.91 Å². The zero-order chi connectivity index (χ0) is 15.8. The second-order valence-electron chi connectivity index (χ2n) is 5.95. The van der Waals surface area contributed by atoms with Crippen molar-refractivity contribution in [3.8, 4) is 0 Å². The molecule has 0 aliphatic carbocycles. The Kier molecular flexibility index (Phi) is 3.42. The zero-order valence-electron chi connectivity index (χ0n) is 12.9. The van der Waals surface area contributed by atoms with Crippen LogP contribution < -0.4 is 21.3 Å². The van der Waals surface area contributed by atoms with Crippen LogP contribution in [0.15, 0.2) is 24.4 Å². The molecule has 2 aromatic rings. The first kappa shape index (κ1) is 14.1. The Morgan fingerprint density at radius 1 is 1.22 bits per heavy atom. The van der Waals surface area contributed by atoms with E-state index in [1.165, 1.54) is 17.4 Å². The molecule has 0 spiro atoms. The Labute approximate surface area is 134 Å². The Morgan fingerprint density at radius 2 is 2.04 bits per heavy atom. The molecule has 0 bridgehead atoms. The van der Waals surface area contributed by atoms with Crippen molar-refractivity contribution >= 4 is 23.1 Å². The summed E-state index contributed by atoms with van der Waals surface area (Å²) in [5.74, 6) is 0.228. The Hall–Kier alpha value is -2.54. The van der Waals surface area contributed by atoms with Gasteiger partial charge in [0, 0.05) is 44.1 Å². The number of nitrogens with two attached hydrogens (primary N) is 1. The van der Waals surface area contributed by atoms with Gasteiger partial charge in [-0.15, -0.1) is 0 Å². The number of nitrogens with zero attached hydrogens (tertiary/aromatic N) is 3. The van der Waals surface area contributed by atoms with E-state index in [0.29, 0.717) is 11.4 Å². The third-order valence-corrected chi connectivity index (χ3v) is 4.52. The molecule has 1 aromatic heterocycles. The van der Waals surface area contributed by atoms with E-state index in [-0.39, 0.29) is 0 Å². The number of carbonyl (C=O) groups is 1. The minimum Gasteiger partial charge on any atom is -0.369 e. The van der Waals surface area contributed by atoms with Crippen molar-refractivity contribution < 1.29 is 4.79 Å². The van der Waals surface area contributed by atoms with Crippen molar-refractivity contribution in [3.63, 3.8) is 0 Å². The van der Waals surface area contributed by atoms with Crippen LogP contribution in [0.1, 0.15) is 15.9 Å². The van der Waals surface area contributed by atoms with Crippen LogP contribution in [0.25, 0.3) is 0 Å². The monoisotopic (exact) mass is 312 g/mol. The summed E-state index contributed by atoms with van der Waals surface area (Å²) in [6.07, 6.45) is 2.40. The SMILES string of the molecule is NC(=O)c1cnn2c1Nc1ccc(N3CCNCC3)cc1CC2. The Bertz CT molecular complexity index is 747. The van der Waals surface area contributed by atoms with E-state index in [2.05, 4.69) is 38.8 Å². The number of anilines is 3. The molecular weight excluding hydrogens is 292 g/mol. The lowest BCUT2D eigenvalue weighted by molar-refractivity contribution is 0.100. The minimum atomic E-state index is -0.459. The van der Waals surface area contributed by atoms with Gasteiger partial charge >= 0.3 is 0 Å². The van der Waals surface area contributed by atoms with Crippen molar-refractivity contribution in [1.82, 2.24) is 15.1 Å². The lowest BCUT2D eigenvalue weighted by atomic mass is 10.1. The van der Waals surface area contributed by atoms with Crippen molar-refractivity contribution in [1.29, 1.82) is 0 Å². The highest BCUT2D eigenvalue weighted by atomic mass is 16.1. The number of primary amides is 1. The van der Waals surface area contributed by atoms with Gasteiger partial charge in [0.25, 0.3) is 5.91 Å². The van der Waals surface area contributed by atoms with E-state index >= 15 is 0 Å². The molecule has 4 N–H and O–H groups in total. The van der Waals surface area contributed by atoms with Crippen molar-refractivity contribution in [3.05, 3.63) is 35.5 Å². The molecule has 1 fully saturated rings. The summed E-state index contributed by atoms with van der Waals surface area (Å²) in [5.41, 5.74) is 9.37. The molecule has 4 rings (SSSR count). The van der Waals surface area contributed by atoms with Gasteiger partial charge in [-0.1, -0.05) is 0 Å². The molecule has 7 heteroatoms. The molecule has 0 saturated carbocycles. The molecule has 7 nitrogen and oxygen atoms in total. The van der Waals surface area contributed by atoms with E-state index in [1.807, 2.05) is 4.68 Å². The second kappa shape index (κ2) is 5.58. The molecular formula is C16H20N6O. The van der Waals surface area contributed by atoms with Gasteiger partial charge < -0.3 is 21.3 Å². The summed E-state index contributed by atoms with van der Waals surface area (Å²) in [6, 6.07) is 6.46. The predicted octanol–water partition coefficient (Wildman–Crippen LogP) is 0.691. The number of benzene rings is 1. The largest absolute Gasteiger partial charge is 0.369 e. The molecule has 0 unspecified atom stereocenters. The van der Waals surface area contributed by atoms with Gasteiger partial charge in [-0.3, -0.25) is 4.79 Å². The van der Waals surface area contributed by atoms with Crippen molar-refractivity contribution in [2.75, 3.05) is 36.4 Å². The number of hydrogen-bond donors (Lipinski definition) is 3. The maximum absolute atomic E-state index is 11.5. The summed E-state index contributed by atoms with van der Waals surface area (Å²) in [5, 5.41) is 11.0. The fourth-order valence-corrected chi connectivity index (χ4v) is 3.25. The van der Waals surface area contributed by atoms with Gasteiger partial charge in [-0.05, 0) is 30.2 Å². The van der Waals surface area contributed by atoms with Crippen LogP contribution >= 0.6 is 0 Å². The number of rotatable bonds is 2. The van der Waals surface area contributed by atoms with Gasteiger partial charge in [0.05, 0.1) is 6.20 Å². The normalized spacial score (nSPS) is 17.0. The van der Waals surface area contributed by atoms with Crippen LogP contribution in [0.5, 0.6) is 0 Å². The Balaban J connectivity index is 1.66. The summed E-state index contributed by atoms with van der Waals surface area (Å²) < 4.78 is 1.81. The molecule has 120 valence electrons.